The minimum absolute atomic E-state index is 0.149. The van der Waals surface area contributed by atoms with E-state index >= 15 is 0 Å². The van der Waals surface area contributed by atoms with E-state index in [9.17, 15) is 4.79 Å². The number of H-pyrrole nitrogens is 1. The van der Waals surface area contributed by atoms with Crippen LogP contribution in [0.4, 0.5) is 0 Å². The lowest BCUT2D eigenvalue weighted by atomic mass is 10.3. The van der Waals surface area contributed by atoms with Crippen molar-refractivity contribution >= 4 is 29.1 Å². The van der Waals surface area contributed by atoms with Crippen LogP contribution in [0.2, 0.25) is 10.2 Å². The molecule has 0 saturated heterocycles. The molecule has 1 amide bonds. The van der Waals surface area contributed by atoms with Gasteiger partial charge in [0.1, 0.15) is 10.8 Å². The second kappa shape index (κ2) is 5.03. The van der Waals surface area contributed by atoms with Crippen molar-refractivity contribution in [2.45, 2.75) is 12.8 Å². The van der Waals surface area contributed by atoms with Gasteiger partial charge in [-0.3, -0.25) is 4.79 Å². The highest BCUT2D eigenvalue weighted by Gasteiger charge is 2.27. The van der Waals surface area contributed by atoms with E-state index in [1.165, 1.54) is 18.9 Å². The zero-order valence-corrected chi connectivity index (χ0v) is 10.7. The molecule has 1 aromatic rings. The lowest BCUT2D eigenvalue weighted by molar-refractivity contribution is 0.0764. The Morgan fingerprint density at radius 3 is 2.76 bits per heavy atom. The van der Waals surface area contributed by atoms with Crippen molar-refractivity contribution < 1.29 is 4.79 Å². The molecule has 1 aromatic heterocycles. The molecule has 0 aliphatic heterocycles. The molecule has 1 N–H and O–H groups in total. The van der Waals surface area contributed by atoms with Gasteiger partial charge in [0.15, 0.2) is 0 Å². The fourth-order valence-corrected chi connectivity index (χ4v) is 1.94. The zero-order chi connectivity index (χ0) is 12.4. The van der Waals surface area contributed by atoms with Crippen LogP contribution in [0.3, 0.4) is 0 Å². The summed E-state index contributed by atoms with van der Waals surface area (Å²) < 4.78 is 0. The van der Waals surface area contributed by atoms with Crippen LogP contribution in [0.5, 0.6) is 0 Å². The van der Waals surface area contributed by atoms with Crippen LogP contribution in [0.25, 0.3) is 0 Å². The number of rotatable bonds is 4. The summed E-state index contributed by atoms with van der Waals surface area (Å²) in [6, 6.07) is 1.53. The second-order valence-corrected chi connectivity index (χ2v) is 4.96. The van der Waals surface area contributed by atoms with Crippen LogP contribution in [-0.2, 0) is 0 Å². The van der Waals surface area contributed by atoms with Crippen molar-refractivity contribution in [3.05, 3.63) is 21.9 Å². The maximum atomic E-state index is 12.1. The number of hydrogen-bond donors (Lipinski definition) is 1. The van der Waals surface area contributed by atoms with Crippen LogP contribution in [0.15, 0.2) is 6.07 Å². The molecule has 3 nitrogen and oxygen atoms in total. The molecule has 2 rings (SSSR count). The van der Waals surface area contributed by atoms with E-state index in [-0.39, 0.29) is 11.1 Å². The van der Waals surface area contributed by atoms with Gasteiger partial charge in [-0.2, -0.15) is 0 Å². The number of nitrogens with one attached hydrogen (secondary N) is 1. The van der Waals surface area contributed by atoms with Gasteiger partial charge in [-0.1, -0.05) is 29.1 Å². The number of carbonyl (C=O) groups is 1. The molecule has 0 spiro atoms. The first-order chi connectivity index (χ1) is 8.11. The Hall–Kier alpha value is -1.11. The van der Waals surface area contributed by atoms with E-state index in [4.69, 9.17) is 29.6 Å². The summed E-state index contributed by atoms with van der Waals surface area (Å²) in [4.78, 5) is 16.5. The second-order valence-electron chi connectivity index (χ2n) is 4.18. The van der Waals surface area contributed by atoms with Gasteiger partial charge in [0.25, 0.3) is 5.91 Å². The normalized spacial score (nSPS) is 14.4. The number of terminal acetylenes is 1. The monoisotopic (exact) mass is 270 g/mol. The van der Waals surface area contributed by atoms with Crippen molar-refractivity contribution in [1.82, 2.24) is 9.88 Å². The summed E-state index contributed by atoms with van der Waals surface area (Å²) >= 11 is 11.6. The molecule has 90 valence electrons. The minimum atomic E-state index is -0.149. The molecule has 17 heavy (non-hydrogen) atoms. The number of aromatic amines is 1. The predicted octanol–water partition coefficient (Wildman–Crippen LogP) is 2.81. The van der Waals surface area contributed by atoms with E-state index in [0.717, 1.165) is 0 Å². The van der Waals surface area contributed by atoms with Gasteiger partial charge in [-0.15, -0.1) is 6.42 Å². The summed E-state index contributed by atoms with van der Waals surface area (Å²) in [5, 5.41) is 0.629. The number of amides is 1. The molecule has 1 aliphatic carbocycles. The fraction of sp³-hybridized carbons (Fsp3) is 0.417. The molecular weight excluding hydrogens is 259 g/mol. The molecular formula is C12H12Cl2N2O. The Balaban J connectivity index is 2.11. The highest BCUT2D eigenvalue weighted by molar-refractivity contribution is 6.41. The molecule has 0 unspecified atom stereocenters. The summed E-state index contributed by atoms with van der Waals surface area (Å²) in [5.41, 5.74) is 0.385. The van der Waals surface area contributed by atoms with Crippen LogP contribution in [-0.4, -0.2) is 28.9 Å². The predicted molar refractivity (Wildman–Crippen MR) is 68.3 cm³/mol. The number of nitrogens with zero attached hydrogens (tertiary/aromatic N) is 1. The Bertz CT molecular complexity index is 452. The fourth-order valence-electron chi connectivity index (χ4n) is 1.63. The van der Waals surface area contributed by atoms with E-state index in [1.807, 2.05) is 0 Å². The molecule has 1 fully saturated rings. The van der Waals surface area contributed by atoms with Crippen molar-refractivity contribution in [2.75, 3.05) is 13.1 Å². The molecule has 5 heteroatoms. The van der Waals surface area contributed by atoms with E-state index in [1.54, 1.807) is 4.90 Å². The SMILES string of the molecule is C#CCN(CC1CC1)C(=O)c1cc(Cl)c(Cl)[nH]1. The summed E-state index contributed by atoms with van der Waals surface area (Å²) in [6.45, 7) is 1.01. The molecule has 0 radical (unpaired) electrons. The molecule has 0 bridgehead atoms. The summed E-state index contributed by atoms with van der Waals surface area (Å²) in [6.07, 6.45) is 7.60. The maximum absolute atomic E-state index is 12.1. The first-order valence-corrected chi connectivity index (χ1v) is 6.14. The topological polar surface area (TPSA) is 36.1 Å². The van der Waals surface area contributed by atoms with Crippen LogP contribution >= 0.6 is 23.2 Å². The van der Waals surface area contributed by atoms with Gasteiger partial charge < -0.3 is 9.88 Å². The summed E-state index contributed by atoms with van der Waals surface area (Å²) in [7, 11) is 0. The smallest absolute Gasteiger partial charge is 0.271 e. The Morgan fingerprint density at radius 2 is 2.29 bits per heavy atom. The Kier molecular flexibility index (Phi) is 3.66. The van der Waals surface area contributed by atoms with Gasteiger partial charge in [0.05, 0.1) is 11.6 Å². The Labute approximate surface area is 110 Å². The quantitative estimate of drug-likeness (QED) is 0.840. The summed E-state index contributed by atoms with van der Waals surface area (Å²) in [5.74, 6) is 2.94. The molecule has 0 aromatic carbocycles. The van der Waals surface area contributed by atoms with Gasteiger partial charge in [-0.05, 0) is 24.8 Å². The molecule has 1 saturated carbocycles. The third-order valence-electron chi connectivity index (χ3n) is 2.70. The van der Waals surface area contributed by atoms with E-state index in [0.29, 0.717) is 29.7 Å². The largest absolute Gasteiger partial charge is 0.340 e. The van der Waals surface area contributed by atoms with Crippen LogP contribution in [0.1, 0.15) is 23.3 Å². The average molecular weight is 271 g/mol. The number of halogens is 2. The van der Waals surface area contributed by atoms with Crippen molar-refractivity contribution in [2.24, 2.45) is 5.92 Å². The average Bonchev–Trinajstić information content (AvgIpc) is 3.04. The van der Waals surface area contributed by atoms with Crippen LogP contribution in [0, 0.1) is 18.3 Å². The number of carbonyl (C=O) groups excluding carboxylic acids is 1. The highest BCUT2D eigenvalue weighted by atomic mass is 35.5. The lowest BCUT2D eigenvalue weighted by Crippen LogP contribution is -2.33. The van der Waals surface area contributed by atoms with Crippen LogP contribution < -0.4 is 0 Å². The van der Waals surface area contributed by atoms with Gasteiger partial charge in [-0.25, -0.2) is 0 Å². The first-order valence-electron chi connectivity index (χ1n) is 5.38. The van der Waals surface area contributed by atoms with Gasteiger partial charge in [0, 0.05) is 6.54 Å². The maximum Gasteiger partial charge on any atom is 0.271 e. The molecule has 0 atom stereocenters. The highest BCUT2D eigenvalue weighted by Crippen LogP contribution is 2.30. The minimum Gasteiger partial charge on any atom is -0.340 e. The van der Waals surface area contributed by atoms with Crippen molar-refractivity contribution in [3.63, 3.8) is 0 Å². The third kappa shape index (κ3) is 2.96. The van der Waals surface area contributed by atoms with Crippen molar-refractivity contribution in [1.29, 1.82) is 0 Å². The van der Waals surface area contributed by atoms with E-state index < -0.39 is 0 Å². The lowest BCUT2D eigenvalue weighted by Gasteiger charge is -2.19. The van der Waals surface area contributed by atoms with Crippen molar-refractivity contribution in [3.8, 4) is 12.3 Å². The molecule has 1 heterocycles. The number of aromatic nitrogens is 1. The number of hydrogen-bond acceptors (Lipinski definition) is 1. The Morgan fingerprint density at radius 1 is 1.59 bits per heavy atom. The van der Waals surface area contributed by atoms with Gasteiger partial charge >= 0.3 is 0 Å². The third-order valence-corrected chi connectivity index (χ3v) is 3.39. The van der Waals surface area contributed by atoms with E-state index in [2.05, 4.69) is 10.9 Å². The first kappa shape index (κ1) is 12.3. The van der Waals surface area contributed by atoms with Gasteiger partial charge in [0.2, 0.25) is 0 Å². The molecule has 1 aliphatic rings. The standard InChI is InChI=1S/C12H12Cl2N2O/c1-2-5-16(7-8-3-4-8)12(17)10-6-9(13)11(14)15-10/h1,6,8,15H,3-5,7H2. The zero-order valence-electron chi connectivity index (χ0n) is 9.17.